The normalized spacial score (nSPS) is 9.79. The third-order valence-corrected chi connectivity index (χ3v) is 1.80. The van der Waals surface area contributed by atoms with Crippen LogP contribution in [0.2, 0.25) is 0 Å². The molecular formula is C10H14N2O2. The number of primary amides is 1. The molecule has 0 saturated heterocycles. The van der Waals surface area contributed by atoms with Gasteiger partial charge in [0.2, 0.25) is 5.91 Å². The lowest BCUT2D eigenvalue weighted by Crippen LogP contribution is -2.11. The number of anilines is 1. The molecule has 1 aromatic carbocycles. The smallest absolute Gasteiger partial charge is 0.248 e. The Morgan fingerprint density at radius 3 is 2.57 bits per heavy atom. The number of carbonyl (C=O) groups excluding carboxylic acids is 1. The van der Waals surface area contributed by atoms with E-state index in [1.165, 1.54) is 0 Å². The Kier molecular flexibility index (Phi) is 3.94. The lowest BCUT2D eigenvalue weighted by atomic mass is 10.2. The molecule has 3 N–H and O–H groups in total. The first-order chi connectivity index (χ1) is 6.74. The summed E-state index contributed by atoms with van der Waals surface area (Å²) >= 11 is 0. The van der Waals surface area contributed by atoms with Crippen molar-refractivity contribution in [3.05, 3.63) is 29.8 Å². The van der Waals surface area contributed by atoms with Crippen molar-refractivity contribution in [3.63, 3.8) is 0 Å². The van der Waals surface area contributed by atoms with Crippen molar-refractivity contribution in [2.24, 2.45) is 5.73 Å². The second-order valence-electron chi connectivity index (χ2n) is 2.86. The van der Waals surface area contributed by atoms with Gasteiger partial charge >= 0.3 is 0 Å². The third kappa shape index (κ3) is 3.06. The van der Waals surface area contributed by atoms with E-state index in [0.717, 1.165) is 12.2 Å². The predicted octanol–water partition coefficient (Wildman–Crippen LogP) is 0.844. The summed E-state index contributed by atoms with van der Waals surface area (Å²) in [5.41, 5.74) is 6.57. The van der Waals surface area contributed by atoms with Crippen LogP contribution in [0.3, 0.4) is 0 Å². The van der Waals surface area contributed by atoms with Gasteiger partial charge in [0, 0.05) is 24.9 Å². The fourth-order valence-electron chi connectivity index (χ4n) is 1.05. The van der Waals surface area contributed by atoms with Gasteiger partial charge in [-0.15, -0.1) is 0 Å². The number of hydrogen-bond donors (Lipinski definition) is 2. The molecule has 4 nitrogen and oxygen atoms in total. The van der Waals surface area contributed by atoms with E-state index in [1.54, 1.807) is 19.2 Å². The Labute approximate surface area is 83.1 Å². The van der Waals surface area contributed by atoms with Crippen LogP contribution in [0.5, 0.6) is 0 Å². The lowest BCUT2D eigenvalue weighted by Gasteiger charge is -2.05. The van der Waals surface area contributed by atoms with Crippen molar-refractivity contribution in [1.29, 1.82) is 0 Å². The molecule has 1 aromatic rings. The summed E-state index contributed by atoms with van der Waals surface area (Å²) < 4.78 is 4.89. The Morgan fingerprint density at radius 2 is 2.07 bits per heavy atom. The number of benzene rings is 1. The lowest BCUT2D eigenvalue weighted by molar-refractivity contribution is 0.100. The van der Waals surface area contributed by atoms with Crippen molar-refractivity contribution in [3.8, 4) is 0 Å². The van der Waals surface area contributed by atoms with Gasteiger partial charge in [-0.1, -0.05) is 0 Å². The summed E-state index contributed by atoms with van der Waals surface area (Å²) in [4.78, 5) is 10.8. The Bertz CT molecular complexity index is 295. The van der Waals surface area contributed by atoms with E-state index in [-0.39, 0.29) is 0 Å². The highest BCUT2D eigenvalue weighted by molar-refractivity contribution is 5.93. The van der Waals surface area contributed by atoms with E-state index in [2.05, 4.69) is 5.32 Å². The predicted molar refractivity (Wildman–Crippen MR) is 55.3 cm³/mol. The van der Waals surface area contributed by atoms with Gasteiger partial charge in [-0.3, -0.25) is 4.79 Å². The van der Waals surface area contributed by atoms with E-state index >= 15 is 0 Å². The molecule has 14 heavy (non-hydrogen) atoms. The minimum atomic E-state index is -0.409. The molecule has 1 rings (SSSR count). The third-order valence-electron chi connectivity index (χ3n) is 1.80. The molecule has 0 aliphatic rings. The Balaban J connectivity index is 2.51. The summed E-state index contributed by atoms with van der Waals surface area (Å²) in [5.74, 6) is -0.409. The number of ether oxygens (including phenoxy) is 1. The number of methoxy groups -OCH3 is 1. The highest BCUT2D eigenvalue weighted by Gasteiger charge is 1.98. The van der Waals surface area contributed by atoms with Gasteiger partial charge in [0.25, 0.3) is 0 Å². The van der Waals surface area contributed by atoms with E-state index in [1.807, 2.05) is 12.1 Å². The SMILES string of the molecule is COCCNc1ccc(C(N)=O)cc1. The number of nitrogens with two attached hydrogens (primary N) is 1. The first-order valence-corrected chi connectivity index (χ1v) is 4.36. The number of carbonyl (C=O) groups is 1. The Morgan fingerprint density at radius 1 is 1.43 bits per heavy atom. The molecule has 0 bridgehead atoms. The van der Waals surface area contributed by atoms with E-state index < -0.39 is 5.91 Å². The molecule has 0 heterocycles. The van der Waals surface area contributed by atoms with Gasteiger partial charge in [-0.05, 0) is 24.3 Å². The van der Waals surface area contributed by atoms with Gasteiger partial charge in [0.1, 0.15) is 0 Å². The van der Waals surface area contributed by atoms with Crippen LogP contribution >= 0.6 is 0 Å². The summed E-state index contributed by atoms with van der Waals surface area (Å²) in [5, 5.41) is 3.13. The largest absolute Gasteiger partial charge is 0.383 e. The van der Waals surface area contributed by atoms with Crippen LogP contribution in [-0.4, -0.2) is 26.2 Å². The van der Waals surface area contributed by atoms with Crippen molar-refractivity contribution in [2.75, 3.05) is 25.6 Å². The van der Waals surface area contributed by atoms with E-state index in [4.69, 9.17) is 10.5 Å². The van der Waals surface area contributed by atoms with E-state index in [9.17, 15) is 4.79 Å². The fraction of sp³-hybridized carbons (Fsp3) is 0.300. The van der Waals surface area contributed by atoms with Crippen LogP contribution in [0, 0.1) is 0 Å². The van der Waals surface area contributed by atoms with Gasteiger partial charge in [0.15, 0.2) is 0 Å². The topological polar surface area (TPSA) is 64.3 Å². The molecule has 76 valence electrons. The maximum atomic E-state index is 10.8. The van der Waals surface area contributed by atoms with Crippen LogP contribution in [0.15, 0.2) is 24.3 Å². The van der Waals surface area contributed by atoms with Gasteiger partial charge in [0.05, 0.1) is 6.61 Å². The second kappa shape index (κ2) is 5.24. The number of rotatable bonds is 5. The molecule has 0 atom stereocenters. The fourth-order valence-corrected chi connectivity index (χ4v) is 1.05. The van der Waals surface area contributed by atoms with Gasteiger partial charge in [-0.2, -0.15) is 0 Å². The van der Waals surface area contributed by atoms with Crippen molar-refractivity contribution >= 4 is 11.6 Å². The first-order valence-electron chi connectivity index (χ1n) is 4.36. The average molecular weight is 194 g/mol. The minimum absolute atomic E-state index is 0.409. The molecule has 0 aliphatic heterocycles. The highest BCUT2D eigenvalue weighted by Crippen LogP contribution is 2.08. The van der Waals surface area contributed by atoms with Crippen LogP contribution in [0.1, 0.15) is 10.4 Å². The summed E-state index contributed by atoms with van der Waals surface area (Å²) in [6.07, 6.45) is 0. The number of nitrogens with one attached hydrogen (secondary N) is 1. The van der Waals surface area contributed by atoms with Crippen molar-refractivity contribution in [2.45, 2.75) is 0 Å². The first kappa shape index (κ1) is 10.5. The second-order valence-corrected chi connectivity index (χ2v) is 2.86. The standard InChI is InChI=1S/C10H14N2O2/c1-14-7-6-12-9-4-2-8(3-5-9)10(11)13/h2-5,12H,6-7H2,1H3,(H2,11,13). The number of amides is 1. The molecule has 4 heteroatoms. The highest BCUT2D eigenvalue weighted by atomic mass is 16.5. The van der Waals surface area contributed by atoms with Gasteiger partial charge in [-0.25, -0.2) is 0 Å². The van der Waals surface area contributed by atoms with Crippen LogP contribution in [0.4, 0.5) is 5.69 Å². The van der Waals surface area contributed by atoms with E-state index in [0.29, 0.717) is 12.2 Å². The molecule has 0 saturated carbocycles. The average Bonchev–Trinajstić information content (AvgIpc) is 2.19. The zero-order chi connectivity index (χ0) is 10.4. The molecule has 0 fully saturated rings. The van der Waals surface area contributed by atoms with Crippen LogP contribution in [0.25, 0.3) is 0 Å². The monoisotopic (exact) mass is 194 g/mol. The molecule has 0 aliphatic carbocycles. The molecule has 0 aromatic heterocycles. The van der Waals surface area contributed by atoms with Gasteiger partial charge < -0.3 is 15.8 Å². The summed E-state index contributed by atoms with van der Waals surface area (Å²) in [6.45, 7) is 1.39. The van der Waals surface area contributed by atoms with Crippen LogP contribution < -0.4 is 11.1 Å². The van der Waals surface area contributed by atoms with Crippen LogP contribution in [-0.2, 0) is 4.74 Å². The molecule has 1 amide bonds. The quantitative estimate of drug-likeness (QED) is 0.683. The maximum absolute atomic E-state index is 10.8. The number of hydrogen-bond acceptors (Lipinski definition) is 3. The Hall–Kier alpha value is -1.55. The summed E-state index contributed by atoms with van der Waals surface area (Å²) in [7, 11) is 1.65. The van der Waals surface area contributed by atoms with Crippen molar-refractivity contribution in [1.82, 2.24) is 0 Å². The molecule has 0 unspecified atom stereocenters. The zero-order valence-electron chi connectivity index (χ0n) is 8.12. The maximum Gasteiger partial charge on any atom is 0.248 e. The molecule has 0 spiro atoms. The molecule has 0 radical (unpaired) electrons. The van der Waals surface area contributed by atoms with Crippen molar-refractivity contribution < 1.29 is 9.53 Å². The minimum Gasteiger partial charge on any atom is -0.383 e. The molecular weight excluding hydrogens is 180 g/mol. The zero-order valence-corrected chi connectivity index (χ0v) is 8.12. The summed E-state index contributed by atoms with van der Waals surface area (Å²) in [6, 6.07) is 7.01.